The summed E-state index contributed by atoms with van der Waals surface area (Å²) in [5.41, 5.74) is 1.42. The van der Waals surface area contributed by atoms with Gasteiger partial charge in [0.05, 0.1) is 22.8 Å². The average Bonchev–Trinajstić information content (AvgIpc) is 2.60. The quantitative estimate of drug-likeness (QED) is 0.902. The van der Waals surface area contributed by atoms with Gasteiger partial charge in [0.1, 0.15) is 0 Å². The maximum absolute atomic E-state index is 12.9. The van der Waals surface area contributed by atoms with E-state index in [9.17, 15) is 4.79 Å². The fraction of sp³-hybridized carbons (Fsp3) is 0.474. The third kappa shape index (κ3) is 3.53. The van der Waals surface area contributed by atoms with Crippen molar-refractivity contribution in [3.05, 3.63) is 36.5 Å². The van der Waals surface area contributed by atoms with E-state index < -0.39 is 0 Å². The van der Waals surface area contributed by atoms with Crippen molar-refractivity contribution >= 4 is 22.5 Å². The number of methoxy groups -OCH3 is 1. The number of benzene rings is 1. The molecule has 0 bridgehead atoms. The molecule has 1 heterocycles. The Bertz CT molecular complexity index is 678. The van der Waals surface area contributed by atoms with E-state index in [1.54, 1.807) is 13.3 Å². The molecule has 4 heteroatoms. The van der Waals surface area contributed by atoms with Gasteiger partial charge in [-0.25, -0.2) is 0 Å². The lowest BCUT2D eigenvalue weighted by Gasteiger charge is -2.35. The summed E-state index contributed by atoms with van der Waals surface area (Å²) in [7, 11) is 1.70. The summed E-state index contributed by atoms with van der Waals surface area (Å²) in [5, 5.41) is 4.14. The molecule has 0 radical (unpaired) electrons. The Hall–Kier alpha value is -1.94. The Labute approximate surface area is 137 Å². The number of para-hydroxylation sites is 1. The summed E-state index contributed by atoms with van der Waals surface area (Å²) in [4.78, 5) is 17.4. The Kier molecular flexibility index (Phi) is 4.91. The summed E-state index contributed by atoms with van der Waals surface area (Å²) in [5.74, 6) is 0.117. The van der Waals surface area contributed by atoms with E-state index >= 15 is 0 Å². The molecule has 3 rings (SSSR count). The molecule has 1 aliphatic carbocycles. The van der Waals surface area contributed by atoms with E-state index in [1.165, 1.54) is 6.42 Å². The van der Waals surface area contributed by atoms with Crippen LogP contribution in [0.3, 0.4) is 0 Å². The lowest BCUT2D eigenvalue weighted by atomic mass is 9.71. The first-order valence-corrected chi connectivity index (χ1v) is 8.39. The minimum absolute atomic E-state index is 0.117. The van der Waals surface area contributed by atoms with Gasteiger partial charge in [-0.15, -0.1) is 0 Å². The van der Waals surface area contributed by atoms with E-state index in [0.29, 0.717) is 6.61 Å². The number of fused-ring (bicyclic) bond motifs is 1. The molecule has 1 amide bonds. The molecule has 0 unspecified atom stereocenters. The molecule has 4 nitrogen and oxygen atoms in total. The number of nitrogens with zero attached hydrogens (tertiary/aromatic N) is 1. The van der Waals surface area contributed by atoms with Gasteiger partial charge in [-0.2, -0.15) is 0 Å². The number of aromatic nitrogens is 1. The lowest BCUT2D eigenvalue weighted by molar-refractivity contribution is -0.128. The maximum Gasteiger partial charge on any atom is 0.230 e. The first-order chi connectivity index (χ1) is 11.2. The van der Waals surface area contributed by atoms with E-state index in [4.69, 9.17) is 4.74 Å². The Balaban J connectivity index is 1.79. The molecule has 122 valence electrons. The largest absolute Gasteiger partial charge is 0.385 e. The predicted molar refractivity (Wildman–Crippen MR) is 92.4 cm³/mol. The van der Waals surface area contributed by atoms with Crippen molar-refractivity contribution in [2.75, 3.05) is 19.0 Å². The Morgan fingerprint density at radius 3 is 2.83 bits per heavy atom. The first kappa shape index (κ1) is 15.9. The number of carbonyl (C=O) groups excluding carboxylic acids is 1. The van der Waals surface area contributed by atoms with Crippen LogP contribution in [0.2, 0.25) is 0 Å². The number of carbonyl (C=O) groups is 1. The molecule has 1 fully saturated rings. The van der Waals surface area contributed by atoms with Crippen LogP contribution in [0.25, 0.3) is 10.9 Å². The third-order valence-electron chi connectivity index (χ3n) is 4.93. The van der Waals surface area contributed by atoms with Gasteiger partial charge in [0.2, 0.25) is 5.91 Å². The van der Waals surface area contributed by atoms with Crippen molar-refractivity contribution in [2.45, 2.75) is 38.5 Å². The second kappa shape index (κ2) is 7.09. The van der Waals surface area contributed by atoms with Gasteiger partial charge in [0, 0.05) is 19.1 Å². The Morgan fingerprint density at radius 2 is 2.04 bits per heavy atom. The molecule has 2 aromatic rings. The highest BCUT2D eigenvalue weighted by Crippen LogP contribution is 2.40. The number of anilines is 1. The lowest BCUT2D eigenvalue weighted by Crippen LogP contribution is -2.39. The van der Waals surface area contributed by atoms with E-state index in [2.05, 4.69) is 10.3 Å². The molecular weight excluding hydrogens is 288 g/mol. The van der Waals surface area contributed by atoms with Crippen molar-refractivity contribution in [1.29, 1.82) is 0 Å². The number of hydrogen-bond donors (Lipinski definition) is 1. The number of amides is 1. The van der Waals surface area contributed by atoms with Crippen LogP contribution in [0.4, 0.5) is 5.69 Å². The van der Waals surface area contributed by atoms with Gasteiger partial charge in [-0.1, -0.05) is 37.5 Å². The molecule has 0 atom stereocenters. The van der Waals surface area contributed by atoms with Crippen molar-refractivity contribution in [3.63, 3.8) is 0 Å². The number of pyridine rings is 1. The molecule has 0 saturated heterocycles. The average molecular weight is 312 g/mol. The summed E-state index contributed by atoms with van der Waals surface area (Å²) in [6, 6.07) is 9.93. The van der Waals surface area contributed by atoms with Crippen LogP contribution in [0.5, 0.6) is 0 Å². The molecule has 1 aliphatic rings. The fourth-order valence-corrected chi connectivity index (χ4v) is 3.52. The molecule has 1 aromatic heterocycles. The van der Waals surface area contributed by atoms with E-state index in [0.717, 1.165) is 48.7 Å². The normalized spacial score (nSPS) is 17.1. The van der Waals surface area contributed by atoms with Gasteiger partial charge in [-0.3, -0.25) is 9.78 Å². The van der Waals surface area contributed by atoms with Gasteiger partial charge < -0.3 is 10.1 Å². The third-order valence-corrected chi connectivity index (χ3v) is 4.93. The van der Waals surface area contributed by atoms with Crippen LogP contribution in [0.15, 0.2) is 36.5 Å². The molecule has 1 saturated carbocycles. The number of rotatable bonds is 5. The van der Waals surface area contributed by atoms with Crippen LogP contribution in [0, 0.1) is 5.41 Å². The van der Waals surface area contributed by atoms with Crippen LogP contribution in [0.1, 0.15) is 38.5 Å². The van der Waals surface area contributed by atoms with Gasteiger partial charge >= 0.3 is 0 Å². The van der Waals surface area contributed by atoms with Crippen LogP contribution in [-0.4, -0.2) is 24.6 Å². The monoisotopic (exact) mass is 312 g/mol. The van der Waals surface area contributed by atoms with Crippen molar-refractivity contribution in [2.24, 2.45) is 5.41 Å². The highest BCUT2D eigenvalue weighted by atomic mass is 16.5. The fourth-order valence-electron chi connectivity index (χ4n) is 3.52. The highest BCUT2D eigenvalue weighted by molar-refractivity contribution is 5.96. The zero-order valence-electron chi connectivity index (χ0n) is 13.7. The van der Waals surface area contributed by atoms with Gasteiger partial charge in [-0.05, 0) is 31.4 Å². The molecule has 0 spiro atoms. The predicted octanol–water partition coefficient (Wildman–Crippen LogP) is 4.16. The minimum Gasteiger partial charge on any atom is -0.385 e. The molecule has 1 N–H and O–H groups in total. The number of hydrogen-bond acceptors (Lipinski definition) is 3. The zero-order chi connectivity index (χ0) is 16.1. The van der Waals surface area contributed by atoms with Crippen LogP contribution < -0.4 is 5.32 Å². The number of ether oxygens (including phenoxy) is 1. The standard InChI is InChI=1S/C19H24N2O2/c1-23-12-11-19(9-5-2-6-10-19)18(22)21-16-13-15-7-3-4-8-17(15)20-14-16/h3-4,7-8,13-14H,2,5-6,9-12H2,1H3,(H,21,22). The minimum atomic E-state index is -0.292. The SMILES string of the molecule is COCCC1(C(=O)Nc2cnc3ccccc3c2)CCCCC1. The van der Waals surface area contributed by atoms with Crippen LogP contribution >= 0.6 is 0 Å². The second-order valence-corrected chi connectivity index (χ2v) is 6.45. The summed E-state index contributed by atoms with van der Waals surface area (Å²) in [6.45, 7) is 0.628. The van der Waals surface area contributed by atoms with Crippen molar-refractivity contribution in [1.82, 2.24) is 4.98 Å². The second-order valence-electron chi connectivity index (χ2n) is 6.45. The summed E-state index contributed by atoms with van der Waals surface area (Å²) in [6.07, 6.45) is 7.88. The molecular formula is C19H24N2O2. The first-order valence-electron chi connectivity index (χ1n) is 8.39. The van der Waals surface area contributed by atoms with E-state index in [-0.39, 0.29) is 11.3 Å². The Morgan fingerprint density at radius 1 is 1.26 bits per heavy atom. The molecule has 23 heavy (non-hydrogen) atoms. The zero-order valence-corrected chi connectivity index (χ0v) is 13.7. The van der Waals surface area contributed by atoms with Gasteiger partial charge in [0.15, 0.2) is 0 Å². The maximum atomic E-state index is 12.9. The molecule has 0 aliphatic heterocycles. The topological polar surface area (TPSA) is 51.2 Å². The summed E-state index contributed by atoms with van der Waals surface area (Å²) >= 11 is 0. The summed E-state index contributed by atoms with van der Waals surface area (Å²) < 4.78 is 5.24. The van der Waals surface area contributed by atoms with Crippen LogP contribution in [-0.2, 0) is 9.53 Å². The smallest absolute Gasteiger partial charge is 0.230 e. The molecule has 1 aromatic carbocycles. The highest BCUT2D eigenvalue weighted by Gasteiger charge is 2.39. The van der Waals surface area contributed by atoms with E-state index in [1.807, 2.05) is 30.3 Å². The van der Waals surface area contributed by atoms with Crippen molar-refractivity contribution in [3.8, 4) is 0 Å². The van der Waals surface area contributed by atoms with Crippen molar-refractivity contribution < 1.29 is 9.53 Å². The number of nitrogens with one attached hydrogen (secondary N) is 1. The van der Waals surface area contributed by atoms with Gasteiger partial charge in [0.25, 0.3) is 0 Å².